The van der Waals surface area contributed by atoms with Gasteiger partial charge in [0.1, 0.15) is 11.5 Å². The highest BCUT2D eigenvalue weighted by molar-refractivity contribution is 5.41. The zero-order valence-electron chi connectivity index (χ0n) is 11.6. The van der Waals surface area contributed by atoms with Gasteiger partial charge < -0.3 is 10.5 Å². The molecule has 0 aliphatic heterocycles. The summed E-state index contributed by atoms with van der Waals surface area (Å²) in [6, 6.07) is 14.5. The summed E-state index contributed by atoms with van der Waals surface area (Å²) in [5.74, 6) is 1.81. The summed E-state index contributed by atoms with van der Waals surface area (Å²) in [6.07, 6.45) is 1.90. The molecule has 2 N–H and O–H groups in total. The first kappa shape index (κ1) is 13.6. The molecular weight excluding hydrogens is 234 g/mol. The molecule has 2 heteroatoms. The lowest BCUT2D eigenvalue weighted by Gasteiger charge is -2.11. The Bertz CT molecular complexity index is 549. The van der Waals surface area contributed by atoms with E-state index < -0.39 is 0 Å². The van der Waals surface area contributed by atoms with Crippen molar-refractivity contribution in [3.63, 3.8) is 0 Å². The van der Waals surface area contributed by atoms with E-state index in [0.717, 1.165) is 29.9 Å². The second-order valence-electron chi connectivity index (χ2n) is 4.74. The summed E-state index contributed by atoms with van der Waals surface area (Å²) < 4.78 is 6.00. The van der Waals surface area contributed by atoms with E-state index in [1.165, 1.54) is 11.1 Å². The molecule has 0 saturated heterocycles. The number of ether oxygens (including phenoxy) is 1. The summed E-state index contributed by atoms with van der Waals surface area (Å²) in [4.78, 5) is 0. The number of hydrogen-bond acceptors (Lipinski definition) is 2. The van der Waals surface area contributed by atoms with Crippen molar-refractivity contribution in [3.05, 3.63) is 59.2 Å². The van der Waals surface area contributed by atoms with E-state index in [1.54, 1.807) is 0 Å². The Hall–Kier alpha value is -1.80. The van der Waals surface area contributed by atoms with Gasteiger partial charge in [-0.2, -0.15) is 0 Å². The van der Waals surface area contributed by atoms with Crippen LogP contribution >= 0.6 is 0 Å². The van der Waals surface area contributed by atoms with Crippen LogP contribution in [0.3, 0.4) is 0 Å². The molecule has 0 atom stereocenters. The summed E-state index contributed by atoms with van der Waals surface area (Å²) in [5, 5.41) is 0. The first-order valence-corrected chi connectivity index (χ1v) is 6.79. The molecule has 0 unspecified atom stereocenters. The number of aryl methyl sites for hydroxylation is 2. The summed E-state index contributed by atoms with van der Waals surface area (Å²) in [5.41, 5.74) is 9.24. The van der Waals surface area contributed by atoms with Crippen LogP contribution in [0.4, 0.5) is 0 Å². The predicted octanol–water partition coefficient (Wildman–Crippen LogP) is 3.85. The first-order valence-electron chi connectivity index (χ1n) is 6.79. The van der Waals surface area contributed by atoms with Crippen LogP contribution in [0.1, 0.15) is 23.6 Å². The monoisotopic (exact) mass is 255 g/mol. The zero-order chi connectivity index (χ0) is 13.7. The second kappa shape index (κ2) is 6.39. The van der Waals surface area contributed by atoms with E-state index in [9.17, 15) is 0 Å². The van der Waals surface area contributed by atoms with Gasteiger partial charge in [-0.1, -0.05) is 31.2 Å². The third-order valence-electron chi connectivity index (χ3n) is 3.22. The highest BCUT2D eigenvalue weighted by Gasteiger charge is 2.04. The van der Waals surface area contributed by atoms with Crippen LogP contribution in [0.25, 0.3) is 0 Å². The topological polar surface area (TPSA) is 35.2 Å². The molecule has 2 aromatic rings. The smallest absolute Gasteiger partial charge is 0.130 e. The molecule has 0 bridgehead atoms. The molecular formula is C17H21NO. The van der Waals surface area contributed by atoms with Crippen LogP contribution in [-0.4, -0.2) is 6.54 Å². The van der Waals surface area contributed by atoms with Gasteiger partial charge in [-0.15, -0.1) is 0 Å². The molecule has 0 aliphatic carbocycles. The van der Waals surface area contributed by atoms with Crippen molar-refractivity contribution in [3.8, 4) is 11.5 Å². The van der Waals surface area contributed by atoms with Gasteiger partial charge >= 0.3 is 0 Å². The SMILES string of the molecule is CCc1cccc(Oc2cc(CCN)ccc2C)c1. The first-order chi connectivity index (χ1) is 9.22. The van der Waals surface area contributed by atoms with Crippen LogP contribution in [0.15, 0.2) is 42.5 Å². The summed E-state index contributed by atoms with van der Waals surface area (Å²) in [6.45, 7) is 4.87. The Labute approximate surface area is 115 Å². The minimum Gasteiger partial charge on any atom is -0.457 e. The van der Waals surface area contributed by atoms with Crippen LogP contribution in [0, 0.1) is 6.92 Å². The van der Waals surface area contributed by atoms with Crippen molar-refractivity contribution in [2.24, 2.45) is 5.73 Å². The third-order valence-corrected chi connectivity index (χ3v) is 3.22. The fraction of sp³-hybridized carbons (Fsp3) is 0.294. The van der Waals surface area contributed by atoms with Gasteiger partial charge in [-0.05, 0) is 61.2 Å². The van der Waals surface area contributed by atoms with E-state index in [1.807, 2.05) is 12.1 Å². The van der Waals surface area contributed by atoms with E-state index in [4.69, 9.17) is 10.5 Å². The molecule has 0 amide bonds. The lowest BCUT2D eigenvalue weighted by molar-refractivity contribution is 0.477. The van der Waals surface area contributed by atoms with Gasteiger partial charge in [0.2, 0.25) is 0 Å². The van der Waals surface area contributed by atoms with Crippen molar-refractivity contribution in [2.75, 3.05) is 6.54 Å². The summed E-state index contributed by atoms with van der Waals surface area (Å²) in [7, 11) is 0. The molecule has 0 fully saturated rings. The van der Waals surface area contributed by atoms with Crippen molar-refractivity contribution in [2.45, 2.75) is 26.7 Å². The van der Waals surface area contributed by atoms with E-state index in [2.05, 4.69) is 44.2 Å². The van der Waals surface area contributed by atoms with Crippen molar-refractivity contribution >= 4 is 0 Å². The standard InChI is InChI=1S/C17H21NO/c1-3-14-5-4-6-16(11-14)19-17-12-15(9-10-18)8-7-13(17)2/h4-8,11-12H,3,9-10,18H2,1-2H3. The van der Waals surface area contributed by atoms with Gasteiger partial charge in [0, 0.05) is 0 Å². The largest absolute Gasteiger partial charge is 0.457 e. The quantitative estimate of drug-likeness (QED) is 0.880. The average molecular weight is 255 g/mol. The van der Waals surface area contributed by atoms with Crippen molar-refractivity contribution in [1.29, 1.82) is 0 Å². The van der Waals surface area contributed by atoms with Crippen molar-refractivity contribution in [1.82, 2.24) is 0 Å². The Kier molecular flexibility index (Phi) is 4.58. The van der Waals surface area contributed by atoms with Crippen molar-refractivity contribution < 1.29 is 4.74 Å². The van der Waals surface area contributed by atoms with Gasteiger partial charge in [0.15, 0.2) is 0 Å². The zero-order valence-corrected chi connectivity index (χ0v) is 11.6. The Morgan fingerprint density at radius 3 is 2.63 bits per heavy atom. The van der Waals surface area contributed by atoms with Crippen LogP contribution in [-0.2, 0) is 12.8 Å². The van der Waals surface area contributed by atoms with Gasteiger partial charge in [-0.25, -0.2) is 0 Å². The fourth-order valence-electron chi connectivity index (χ4n) is 2.03. The third kappa shape index (κ3) is 3.58. The molecule has 0 aromatic heterocycles. The second-order valence-corrected chi connectivity index (χ2v) is 4.74. The van der Waals surface area contributed by atoms with E-state index >= 15 is 0 Å². The van der Waals surface area contributed by atoms with Gasteiger partial charge in [0.05, 0.1) is 0 Å². The molecule has 19 heavy (non-hydrogen) atoms. The number of nitrogens with two attached hydrogens (primary N) is 1. The maximum atomic E-state index is 6.00. The van der Waals surface area contributed by atoms with Crippen LogP contribution in [0.5, 0.6) is 11.5 Å². The van der Waals surface area contributed by atoms with E-state index in [0.29, 0.717) is 6.54 Å². The molecule has 2 aromatic carbocycles. The van der Waals surface area contributed by atoms with Crippen LogP contribution < -0.4 is 10.5 Å². The molecule has 2 nitrogen and oxygen atoms in total. The molecule has 0 radical (unpaired) electrons. The molecule has 0 heterocycles. The summed E-state index contributed by atoms with van der Waals surface area (Å²) >= 11 is 0. The highest BCUT2D eigenvalue weighted by Crippen LogP contribution is 2.27. The highest BCUT2D eigenvalue weighted by atomic mass is 16.5. The Morgan fingerprint density at radius 1 is 1.05 bits per heavy atom. The number of hydrogen-bond donors (Lipinski definition) is 1. The molecule has 2 rings (SSSR count). The number of benzene rings is 2. The molecule has 0 saturated carbocycles. The normalized spacial score (nSPS) is 10.5. The average Bonchev–Trinajstić information content (AvgIpc) is 2.43. The predicted molar refractivity (Wildman–Crippen MR) is 79.8 cm³/mol. The minimum atomic E-state index is 0.661. The number of rotatable bonds is 5. The fourth-order valence-corrected chi connectivity index (χ4v) is 2.03. The lowest BCUT2D eigenvalue weighted by Crippen LogP contribution is -2.03. The van der Waals surface area contributed by atoms with Gasteiger partial charge in [0.25, 0.3) is 0 Å². The maximum Gasteiger partial charge on any atom is 0.130 e. The molecule has 0 aliphatic rings. The van der Waals surface area contributed by atoms with E-state index in [-0.39, 0.29) is 0 Å². The van der Waals surface area contributed by atoms with Crippen LogP contribution in [0.2, 0.25) is 0 Å². The minimum absolute atomic E-state index is 0.661. The maximum absolute atomic E-state index is 6.00. The Morgan fingerprint density at radius 2 is 1.89 bits per heavy atom. The Balaban J connectivity index is 2.23. The lowest BCUT2D eigenvalue weighted by atomic mass is 10.1. The molecule has 0 spiro atoms. The van der Waals surface area contributed by atoms with Gasteiger partial charge in [-0.3, -0.25) is 0 Å². The molecule has 100 valence electrons.